The number of likely N-dealkylation sites (tertiary alicyclic amines) is 1. The van der Waals surface area contributed by atoms with Crippen molar-refractivity contribution < 1.29 is 18.3 Å². The third kappa shape index (κ3) is 4.60. The predicted molar refractivity (Wildman–Crippen MR) is 94.6 cm³/mol. The van der Waals surface area contributed by atoms with E-state index < -0.39 is 11.6 Å². The van der Waals surface area contributed by atoms with E-state index in [4.69, 9.17) is 4.74 Å². The zero-order chi connectivity index (χ0) is 19.4. The number of benzene rings is 1. The molecule has 144 valence electrons. The molecule has 0 atom stereocenters. The van der Waals surface area contributed by atoms with Crippen molar-refractivity contribution in [1.29, 1.82) is 0 Å². The van der Waals surface area contributed by atoms with E-state index in [1.807, 2.05) is 0 Å². The first-order chi connectivity index (χ1) is 12.9. The normalized spacial score (nSPS) is 14.9. The van der Waals surface area contributed by atoms with Crippen LogP contribution in [0.5, 0.6) is 5.75 Å². The molecular weight excluding hydrogens is 358 g/mol. The van der Waals surface area contributed by atoms with E-state index >= 15 is 0 Å². The van der Waals surface area contributed by atoms with Crippen LogP contribution in [0.3, 0.4) is 0 Å². The molecule has 2 aromatic rings. The number of aromatic nitrogens is 2. The Hall–Kier alpha value is -2.97. The Morgan fingerprint density at radius 3 is 2.78 bits per heavy atom. The number of hydrogen-bond acceptors (Lipinski definition) is 5. The summed E-state index contributed by atoms with van der Waals surface area (Å²) >= 11 is 0. The molecule has 1 saturated heterocycles. The minimum atomic E-state index is -0.613. The summed E-state index contributed by atoms with van der Waals surface area (Å²) in [5.41, 5.74) is -0.00447. The molecule has 1 aromatic carbocycles. The van der Waals surface area contributed by atoms with Gasteiger partial charge in [0, 0.05) is 45.2 Å². The van der Waals surface area contributed by atoms with Gasteiger partial charge in [-0.1, -0.05) is 0 Å². The molecule has 27 heavy (non-hydrogen) atoms. The van der Waals surface area contributed by atoms with E-state index in [1.165, 1.54) is 24.0 Å². The lowest BCUT2D eigenvalue weighted by Crippen LogP contribution is -2.44. The second-order valence-corrected chi connectivity index (χ2v) is 6.30. The van der Waals surface area contributed by atoms with Crippen molar-refractivity contribution >= 4 is 11.6 Å². The van der Waals surface area contributed by atoms with Crippen LogP contribution in [0.2, 0.25) is 0 Å². The van der Waals surface area contributed by atoms with Gasteiger partial charge >= 0.3 is 0 Å². The van der Waals surface area contributed by atoms with Crippen molar-refractivity contribution in [3.05, 3.63) is 52.5 Å². The number of piperidine rings is 1. The molecule has 9 heteroatoms. The Morgan fingerprint density at radius 1 is 1.30 bits per heavy atom. The monoisotopic (exact) mass is 378 g/mol. The average Bonchev–Trinajstić information content (AvgIpc) is 2.66. The summed E-state index contributed by atoms with van der Waals surface area (Å²) in [4.78, 5) is 25.8. The second-order valence-electron chi connectivity index (χ2n) is 6.30. The van der Waals surface area contributed by atoms with Crippen molar-refractivity contribution in [2.75, 3.05) is 25.0 Å². The van der Waals surface area contributed by atoms with Crippen molar-refractivity contribution in [2.45, 2.75) is 18.9 Å². The van der Waals surface area contributed by atoms with Crippen LogP contribution in [0.4, 0.5) is 14.5 Å². The summed E-state index contributed by atoms with van der Waals surface area (Å²) in [5, 5.41) is 6.64. The standard InChI is InChI=1S/C18H20F2N4O3/c1-23-18(26)15(4-7-22-23)21-11-17(25)24-8-5-13(6-9-24)27-16-10-12(19)2-3-14(16)20/h2-4,7,10,13,21H,5-6,8-9,11H2,1H3. The number of nitrogens with one attached hydrogen (secondary N) is 1. The van der Waals surface area contributed by atoms with Gasteiger partial charge in [0.25, 0.3) is 5.56 Å². The predicted octanol–water partition coefficient (Wildman–Crippen LogP) is 1.54. The van der Waals surface area contributed by atoms with Crippen LogP contribution in [0.1, 0.15) is 12.8 Å². The summed E-state index contributed by atoms with van der Waals surface area (Å²) in [5.74, 6) is -1.44. The molecule has 2 heterocycles. The van der Waals surface area contributed by atoms with Crippen LogP contribution in [0.25, 0.3) is 0 Å². The van der Waals surface area contributed by atoms with Gasteiger partial charge in [-0.3, -0.25) is 9.59 Å². The molecule has 3 rings (SSSR count). The van der Waals surface area contributed by atoms with Gasteiger partial charge in [-0.05, 0) is 18.2 Å². The first-order valence-corrected chi connectivity index (χ1v) is 8.59. The van der Waals surface area contributed by atoms with Crippen molar-refractivity contribution in [3.63, 3.8) is 0 Å². The highest BCUT2D eigenvalue weighted by Gasteiger charge is 2.24. The fourth-order valence-corrected chi connectivity index (χ4v) is 2.89. The number of hydrogen-bond donors (Lipinski definition) is 1. The molecular formula is C18H20F2N4O3. The number of nitrogens with zero attached hydrogens (tertiary/aromatic N) is 3. The van der Waals surface area contributed by atoms with Gasteiger partial charge in [0.05, 0.1) is 6.54 Å². The Bertz CT molecular complexity index is 879. The van der Waals surface area contributed by atoms with Crippen LogP contribution in [-0.4, -0.2) is 46.3 Å². The fraction of sp³-hybridized carbons (Fsp3) is 0.389. The number of amides is 1. The van der Waals surface area contributed by atoms with E-state index in [2.05, 4.69) is 10.4 Å². The molecule has 0 radical (unpaired) electrons. The topological polar surface area (TPSA) is 76.5 Å². The van der Waals surface area contributed by atoms with Crippen molar-refractivity contribution in [1.82, 2.24) is 14.7 Å². The maximum absolute atomic E-state index is 13.7. The number of aryl methyl sites for hydroxylation is 1. The lowest BCUT2D eigenvalue weighted by molar-refractivity contribution is -0.131. The molecule has 0 bridgehead atoms. The SMILES string of the molecule is Cn1nccc(NCC(=O)N2CCC(Oc3cc(F)ccc3F)CC2)c1=O. The molecule has 1 fully saturated rings. The lowest BCUT2D eigenvalue weighted by Gasteiger charge is -2.32. The molecule has 1 N–H and O–H groups in total. The molecule has 1 aliphatic rings. The van der Waals surface area contributed by atoms with Gasteiger partial charge in [-0.2, -0.15) is 5.10 Å². The minimum Gasteiger partial charge on any atom is -0.487 e. The van der Waals surface area contributed by atoms with E-state index in [-0.39, 0.29) is 29.9 Å². The van der Waals surface area contributed by atoms with Gasteiger partial charge in [-0.25, -0.2) is 13.5 Å². The highest BCUT2D eigenvalue weighted by Crippen LogP contribution is 2.23. The summed E-state index contributed by atoms with van der Waals surface area (Å²) in [6.07, 6.45) is 2.21. The molecule has 0 unspecified atom stereocenters. The molecule has 0 spiro atoms. The summed E-state index contributed by atoms with van der Waals surface area (Å²) in [6.45, 7) is 0.871. The number of anilines is 1. The molecule has 1 aliphatic heterocycles. The van der Waals surface area contributed by atoms with E-state index in [9.17, 15) is 18.4 Å². The maximum Gasteiger partial charge on any atom is 0.289 e. The molecule has 0 aliphatic carbocycles. The smallest absolute Gasteiger partial charge is 0.289 e. The fourth-order valence-electron chi connectivity index (χ4n) is 2.89. The van der Waals surface area contributed by atoms with Crippen LogP contribution in [0.15, 0.2) is 35.3 Å². The summed E-state index contributed by atoms with van der Waals surface area (Å²) in [7, 11) is 1.53. The minimum absolute atomic E-state index is 0.0106. The van der Waals surface area contributed by atoms with Gasteiger partial charge in [0.1, 0.15) is 17.6 Å². The van der Waals surface area contributed by atoms with Crippen molar-refractivity contribution in [2.24, 2.45) is 7.05 Å². The second kappa shape index (κ2) is 8.15. The Kier molecular flexibility index (Phi) is 5.68. The Morgan fingerprint density at radius 2 is 2.04 bits per heavy atom. The first kappa shape index (κ1) is 18.8. The van der Waals surface area contributed by atoms with Crippen LogP contribution >= 0.6 is 0 Å². The lowest BCUT2D eigenvalue weighted by atomic mass is 10.1. The van der Waals surface area contributed by atoms with E-state index in [1.54, 1.807) is 4.90 Å². The zero-order valence-corrected chi connectivity index (χ0v) is 14.8. The van der Waals surface area contributed by atoms with E-state index in [0.29, 0.717) is 31.6 Å². The molecule has 1 amide bonds. The number of rotatable bonds is 5. The molecule has 7 nitrogen and oxygen atoms in total. The van der Waals surface area contributed by atoms with Gasteiger partial charge in [-0.15, -0.1) is 0 Å². The highest BCUT2D eigenvalue weighted by molar-refractivity contribution is 5.80. The maximum atomic E-state index is 13.7. The Balaban J connectivity index is 1.50. The summed E-state index contributed by atoms with van der Waals surface area (Å²) in [6, 6.07) is 4.60. The average molecular weight is 378 g/mol. The quantitative estimate of drug-likeness (QED) is 0.854. The third-order valence-corrected chi connectivity index (χ3v) is 4.42. The van der Waals surface area contributed by atoms with Gasteiger partial charge in [0.2, 0.25) is 5.91 Å². The Labute approximate surface area is 154 Å². The summed E-state index contributed by atoms with van der Waals surface area (Å²) < 4.78 is 33.6. The van der Waals surface area contributed by atoms with Gasteiger partial charge < -0.3 is 15.0 Å². The van der Waals surface area contributed by atoms with E-state index in [0.717, 1.165) is 18.2 Å². The first-order valence-electron chi connectivity index (χ1n) is 8.59. The highest BCUT2D eigenvalue weighted by atomic mass is 19.1. The largest absolute Gasteiger partial charge is 0.487 e. The number of halogens is 2. The zero-order valence-electron chi connectivity index (χ0n) is 14.8. The third-order valence-electron chi connectivity index (χ3n) is 4.42. The number of carbonyl (C=O) groups excluding carboxylic acids is 1. The van der Waals surface area contributed by atoms with Crippen LogP contribution < -0.4 is 15.6 Å². The molecule has 1 aromatic heterocycles. The molecule has 0 saturated carbocycles. The van der Waals surface area contributed by atoms with Gasteiger partial charge in [0.15, 0.2) is 11.6 Å². The number of ether oxygens (including phenoxy) is 1. The van der Waals surface area contributed by atoms with Crippen molar-refractivity contribution in [3.8, 4) is 5.75 Å². The number of carbonyl (C=O) groups is 1. The van der Waals surface area contributed by atoms with Crippen LogP contribution in [0, 0.1) is 11.6 Å². The van der Waals surface area contributed by atoms with Crippen LogP contribution in [-0.2, 0) is 11.8 Å².